The first-order valence-electron chi connectivity index (χ1n) is 7.67. The first-order valence-corrected chi connectivity index (χ1v) is 7.67. The van der Waals surface area contributed by atoms with Crippen LogP contribution in [0.15, 0.2) is 22.7 Å². The lowest BCUT2D eigenvalue weighted by Gasteiger charge is -2.45. The lowest BCUT2D eigenvalue weighted by atomic mass is 9.70. The number of allylic oxidation sites excluding steroid dienone is 1. The van der Waals surface area contributed by atoms with Crippen LogP contribution in [-0.2, 0) is 19.0 Å². The molecule has 0 saturated carbocycles. The molecule has 2 heterocycles. The minimum atomic E-state index is -1.26. The summed E-state index contributed by atoms with van der Waals surface area (Å²) in [4.78, 5) is 12.8. The zero-order valence-electron chi connectivity index (χ0n) is 14.1. The smallest absolute Gasteiger partial charge is 0.256 e. The molecule has 0 radical (unpaired) electrons. The van der Waals surface area contributed by atoms with Gasteiger partial charge in [-0.15, -0.1) is 0 Å². The van der Waals surface area contributed by atoms with Gasteiger partial charge in [-0.25, -0.2) is 0 Å². The molecule has 0 aromatic rings. The number of hydrogen-bond acceptors (Lipinski definition) is 5. The van der Waals surface area contributed by atoms with E-state index in [4.69, 9.17) is 14.2 Å². The third-order valence-electron chi connectivity index (χ3n) is 4.25. The van der Waals surface area contributed by atoms with Gasteiger partial charge in [-0.3, -0.25) is 4.79 Å². The van der Waals surface area contributed by atoms with E-state index in [9.17, 15) is 9.90 Å². The Morgan fingerprint density at radius 1 is 1.09 bits per heavy atom. The molecule has 0 unspecified atom stereocenters. The van der Waals surface area contributed by atoms with Crippen molar-refractivity contribution in [3.8, 4) is 0 Å². The van der Waals surface area contributed by atoms with Crippen LogP contribution in [0.5, 0.6) is 0 Å². The Kier molecular flexibility index (Phi) is 3.08. The maximum absolute atomic E-state index is 12.8. The number of carbonyl (C=O) groups excluding carboxylic acids is 1. The van der Waals surface area contributed by atoms with Crippen LogP contribution in [0, 0.1) is 10.8 Å². The van der Waals surface area contributed by atoms with Gasteiger partial charge in [0.05, 0.1) is 12.2 Å². The number of fused-ring (bicyclic) bond motifs is 1. The fourth-order valence-corrected chi connectivity index (χ4v) is 3.49. The molecule has 2 fully saturated rings. The number of carbonyl (C=O) groups is 1. The predicted molar refractivity (Wildman–Crippen MR) is 80.1 cm³/mol. The van der Waals surface area contributed by atoms with Gasteiger partial charge in [0.25, 0.3) is 5.79 Å². The average Bonchev–Trinajstić information content (AvgIpc) is 2.66. The minimum Gasteiger partial charge on any atom is -0.504 e. The van der Waals surface area contributed by atoms with Crippen LogP contribution in [0.2, 0.25) is 0 Å². The van der Waals surface area contributed by atoms with E-state index in [1.807, 2.05) is 41.5 Å². The topological polar surface area (TPSA) is 65.0 Å². The molecule has 3 aliphatic rings. The largest absolute Gasteiger partial charge is 0.504 e. The Morgan fingerprint density at radius 3 is 2.27 bits per heavy atom. The van der Waals surface area contributed by atoms with Gasteiger partial charge in [0, 0.05) is 5.57 Å². The Morgan fingerprint density at radius 2 is 1.73 bits per heavy atom. The van der Waals surface area contributed by atoms with E-state index in [0.717, 1.165) is 0 Å². The lowest BCUT2D eigenvalue weighted by molar-refractivity contribution is -0.187. The Hall–Kier alpha value is -1.33. The van der Waals surface area contributed by atoms with Gasteiger partial charge in [-0.1, -0.05) is 41.5 Å². The predicted octanol–water partition coefficient (Wildman–Crippen LogP) is 2.87. The van der Waals surface area contributed by atoms with E-state index >= 15 is 0 Å². The van der Waals surface area contributed by atoms with Crippen molar-refractivity contribution in [2.45, 2.75) is 53.4 Å². The molecule has 1 N–H and O–H groups in total. The first-order chi connectivity index (χ1) is 9.98. The molecule has 3 rings (SSSR count). The highest BCUT2D eigenvalue weighted by atomic mass is 16.8. The molecule has 2 saturated heterocycles. The van der Waals surface area contributed by atoms with Crippen molar-refractivity contribution in [1.29, 1.82) is 0 Å². The zero-order chi connectivity index (χ0) is 16.5. The molecule has 2 atom stereocenters. The standard InChI is InChI=1S/C17H24O5/c1-15(2,3)10-11(18)12(19)13(16(4,5)6)17-14(10)20-7-9(22-17)8-21-17/h9,19H,7-8H2,1-6H3/t9-,17+/m0/s1. The third kappa shape index (κ3) is 1.95. The Balaban J connectivity index is 2.30. The molecule has 0 aromatic heterocycles. The van der Waals surface area contributed by atoms with Crippen molar-refractivity contribution in [3.05, 3.63) is 22.7 Å². The summed E-state index contributed by atoms with van der Waals surface area (Å²) in [5.74, 6) is -1.51. The average molecular weight is 308 g/mol. The van der Waals surface area contributed by atoms with Gasteiger partial charge < -0.3 is 19.3 Å². The van der Waals surface area contributed by atoms with Crippen LogP contribution >= 0.6 is 0 Å². The van der Waals surface area contributed by atoms with Gasteiger partial charge in [-0.2, -0.15) is 0 Å². The number of hydrogen-bond donors (Lipinski definition) is 1. The Bertz CT molecular complexity index is 600. The third-order valence-corrected chi connectivity index (χ3v) is 4.25. The lowest BCUT2D eigenvalue weighted by Crippen LogP contribution is -2.51. The van der Waals surface area contributed by atoms with Gasteiger partial charge in [0.2, 0.25) is 5.78 Å². The van der Waals surface area contributed by atoms with Gasteiger partial charge >= 0.3 is 0 Å². The molecule has 22 heavy (non-hydrogen) atoms. The second kappa shape index (κ2) is 4.36. The van der Waals surface area contributed by atoms with Crippen LogP contribution in [0.25, 0.3) is 0 Å². The summed E-state index contributed by atoms with van der Waals surface area (Å²) in [6, 6.07) is 0. The number of Topliss-reactive ketones (excluding diaryl/α,β-unsaturated/α-hetero) is 1. The molecule has 5 heteroatoms. The van der Waals surface area contributed by atoms with E-state index in [0.29, 0.717) is 30.1 Å². The molecule has 122 valence electrons. The van der Waals surface area contributed by atoms with E-state index in [-0.39, 0.29) is 11.9 Å². The summed E-state index contributed by atoms with van der Waals surface area (Å²) < 4.78 is 18.0. The monoisotopic (exact) mass is 308 g/mol. The van der Waals surface area contributed by atoms with E-state index in [1.54, 1.807) is 0 Å². The summed E-state index contributed by atoms with van der Waals surface area (Å²) in [5, 5.41) is 10.6. The molecular weight excluding hydrogens is 284 g/mol. The van der Waals surface area contributed by atoms with Crippen LogP contribution in [-0.4, -0.2) is 36.0 Å². The fourth-order valence-electron chi connectivity index (χ4n) is 3.49. The number of ketones is 1. The fraction of sp³-hybridized carbons (Fsp3) is 0.706. The van der Waals surface area contributed by atoms with Gasteiger partial charge in [0.15, 0.2) is 11.5 Å². The van der Waals surface area contributed by atoms with Crippen LogP contribution < -0.4 is 0 Å². The summed E-state index contributed by atoms with van der Waals surface area (Å²) in [6.07, 6.45) is -0.177. The quantitative estimate of drug-likeness (QED) is 0.745. The van der Waals surface area contributed by atoms with Gasteiger partial charge in [-0.05, 0) is 10.8 Å². The second-order valence-electron chi connectivity index (χ2n) is 8.24. The van der Waals surface area contributed by atoms with Crippen molar-refractivity contribution < 1.29 is 24.1 Å². The second-order valence-corrected chi connectivity index (χ2v) is 8.24. The molecule has 1 aliphatic carbocycles. The van der Waals surface area contributed by atoms with Crippen molar-refractivity contribution in [1.82, 2.24) is 0 Å². The maximum Gasteiger partial charge on any atom is 0.256 e. The first kappa shape index (κ1) is 15.6. The number of ether oxygens (including phenoxy) is 3. The summed E-state index contributed by atoms with van der Waals surface area (Å²) in [6.45, 7) is 12.3. The number of aliphatic hydroxyl groups excluding tert-OH is 1. The van der Waals surface area contributed by atoms with Gasteiger partial charge in [0.1, 0.15) is 12.7 Å². The highest BCUT2D eigenvalue weighted by Crippen LogP contribution is 2.54. The highest BCUT2D eigenvalue weighted by molar-refractivity contribution is 6.10. The molecule has 0 aromatic carbocycles. The SMILES string of the molecule is CC(C)(C)C1=C2OC[C@H]3CO[C@@]2(O3)C(C(C)(C)C)=C(O)C1=O. The molecule has 5 nitrogen and oxygen atoms in total. The molecule has 2 aliphatic heterocycles. The van der Waals surface area contributed by atoms with Crippen molar-refractivity contribution >= 4 is 5.78 Å². The van der Waals surface area contributed by atoms with Crippen LogP contribution in [0.4, 0.5) is 0 Å². The van der Waals surface area contributed by atoms with Crippen LogP contribution in [0.1, 0.15) is 41.5 Å². The maximum atomic E-state index is 12.8. The molecule has 2 bridgehead atoms. The van der Waals surface area contributed by atoms with E-state index in [1.165, 1.54) is 0 Å². The number of aliphatic hydroxyl groups is 1. The highest BCUT2D eigenvalue weighted by Gasteiger charge is 2.62. The summed E-state index contributed by atoms with van der Waals surface area (Å²) >= 11 is 0. The molecule has 1 spiro atoms. The van der Waals surface area contributed by atoms with Crippen molar-refractivity contribution in [3.63, 3.8) is 0 Å². The Labute approximate surface area is 130 Å². The van der Waals surface area contributed by atoms with E-state index in [2.05, 4.69) is 0 Å². The molecular formula is C17H24O5. The summed E-state index contributed by atoms with van der Waals surface area (Å²) in [7, 11) is 0. The molecule has 0 amide bonds. The zero-order valence-corrected chi connectivity index (χ0v) is 14.1. The minimum absolute atomic E-state index is 0.177. The van der Waals surface area contributed by atoms with Crippen molar-refractivity contribution in [2.75, 3.05) is 13.2 Å². The van der Waals surface area contributed by atoms with E-state index < -0.39 is 22.4 Å². The van der Waals surface area contributed by atoms with Crippen molar-refractivity contribution in [2.24, 2.45) is 10.8 Å². The normalized spacial score (nSPS) is 32.3. The number of rotatable bonds is 0. The van der Waals surface area contributed by atoms with Crippen LogP contribution in [0.3, 0.4) is 0 Å². The summed E-state index contributed by atoms with van der Waals surface area (Å²) in [5.41, 5.74) is -0.100.